The van der Waals surface area contributed by atoms with Crippen LogP contribution in [0.5, 0.6) is 0 Å². The van der Waals surface area contributed by atoms with Crippen LogP contribution < -0.4 is 0 Å². The highest BCUT2D eigenvalue weighted by atomic mass is 16.3. The first-order valence-corrected chi connectivity index (χ1v) is 10.2. The van der Waals surface area contributed by atoms with Gasteiger partial charge in [-0.15, -0.1) is 0 Å². The number of allylic oxidation sites excluding steroid dienone is 1. The molecule has 2 N–H and O–H groups in total. The number of hydrogen-bond donors (Lipinski definition) is 2. The minimum absolute atomic E-state index is 0.0107. The molecule has 5 rings (SSSR count). The highest BCUT2D eigenvalue weighted by Crippen LogP contribution is 2.76. The first-order chi connectivity index (χ1) is 12.0. The van der Waals surface area contributed by atoms with E-state index in [1.807, 2.05) is 12.2 Å². The first kappa shape index (κ1) is 16.3. The highest BCUT2D eigenvalue weighted by Gasteiger charge is 2.74. The molecular weight excluding hydrogens is 312 g/mol. The van der Waals surface area contributed by atoms with Gasteiger partial charge in [-0.1, -0.05) is 24.6 Å². The van der Waals surface area contributed by atoms with Crippen LogP contribution in [-0.4, -0.2) is 28.2 Å². The van der Waals surface area contributed by atoms with Crippen LogP contribution in [0, 0.1) is 40.9 Å². The van der Waals surface area contributed by atoms with Gasteiger partial charge in [0.1, 0.15) is 0 Å². The third kappa shape index (κ3) is 2.03. The van der Waals surface area contributed by atoms with Gasteiger partial charge in [0.25, 0.3) is 0 Å². The van der Waals surface area contributed by atoms with Crippen molar-refractivity contribution in [2.75, 3.05) is 6.61 Å². The van der Waals surface area contributed by atoms with Crippen LogP contribution in [0.4, 0.5) is 0 Å². The molecule has 3 nitrogen and oxygen atoms in total. The zero-order chi connectivity index (χ0) is 17.4. The lowest BCUT2D eigenvalue weighted by Crippen LogP contribution is -2.54. The summed E-state index contributed by atoms with van der Waals surface area (Å²) < 4.78 is 0. The van der Waals surface area contributed by atoms with E-state index in [9.17, 15) is 15.0 Å². The maximum absolute atomic E-state index is 11.8. The van der Waals surface area contributed by atoms with E-state index in [0.717, 1.165) is 38.0 Å². The number of aliphatic hydroxyl groups excluding tert-OH is 1. The molecule has 0 aliphatic heterocycles. The molecule has 3 heteroatoms. The lowest BCUT2D eigenvalue weighted by Gasteiger charge is -2.56. The van der Waals surface area contributed by atoms with Crippen LogP contribution in [0.1, 0.15) is 51.9 Å². The van der Waals surface area contributed by atoms with E-state index in [0.29, 0.717) is 35.4 Å². The summed E-state index contributed by atoms with van der Waals surface area (Å²) in [6, 6.07) is 0. The molecule has 0 bridgehead atoms. The molecule has 8 atom stereocenters. The molecule has 25 heavy (non-hydrogen) atoms. The van der Waals surface area contributed by atoms with E-state index in [1.165, 1.54) is 18.4 Å². The molecule has 5 aliphatic rings. The molecule has 4 saturated carbocycles. The Labute approximate surface area is 150 Å². The average molecular weight is 342 g/mol. The van der Waals surface area contributed by atoms with Crippen LogP contribution in [0.25, 0.3) is 0 Å². The summed E-state index contributed by atoms with van der Waals surface area (Å²) in [5.74, 6) is 4.06. The van der Waals surface area contributed by atoms with Gasteiger partial charge < -0.3 is 10.2 Å². The highest BCUT2D eigenvalue weighted by molar-refractivity contribution is 5.91. The Bertz CT molecular complexity index is 664. The number of carbonyl (C=O) groups excluding carboxylic acids is 1. The van der Waals surface area contributed by atoms with Gasteiger partial charge in [-0.05, 0) is 80.1 Å². The summed E-state index contributed by atoms with van der Waals surface area (Å²) in [6.07, 6.45) is 13.1. The lowest BCUT2D eigenvalue weighted by atomic mass is 9.49. The monoisotopic (exact) mass is 342 g/mol. The summed E-state index contributed by atoms with van der Waals surface area (Å²) >= 11 is 0. The van der Waals surface area contributed by atoms with Crippen molar-refractivity contribution >= 4 is 5.78 Å². The van der Waals surface area contributed by atoms with E-state index in [2.05, 4.69) is 6.92 Å². The van der Waals surface area contributed by atoms with Gasteiger partial charge in [-0.2, -0.15) is 0 Å². The number of fused-ring (bicyclic) bond motifs is 7. The summed E-state index contributed by atoms with van der Waals surface area (Å²) in [5.41, 5.74) is 0.662. The number of carbonyl (C=O) groups is 1. The normalized spacial score (nSPS) is 53.7. The number of hydrogen-bond acceptors (Lipinski definition) is 3. The topological polar surface area (TPSA) is 57.5 Å². The molecule has 0 aromatic rings. The summed E-state index contributed by atoms with van der Waals surface area (Å²) in [5, 5.41) is 20.8. The fourth-order valence-corrected chi connectivity index (χ4v) is 7.77. The molecule has 6 unspecified atom stereocenters. The molecule has 0 radical (unpaired) electrons. The van der Waals surface area contributed by atoms with Crippen molar-refractivity contribution in [1.29, 1.82) is 0 Å². The Morgan fingerprint density at radius 2 is 2.04 bits per heavy atom. The standard InChI is InChI=1S/C22H30O3/c1-21-9-7-16-15-6-4-14(24)11-13(15)3-5-17(16)20(21)18-12-19(18)22(21,25)8-2-10-23/h2,8,11,15-20,23,25H,3-7,9-10,12H2,1H3/t15?,16?,17?,18?,19?,20?,21-,22-/m0/s1. The molecule has 0 saturated heterocycles. The zero-order valence-corrected chi connectivity index (χ0v) is 15.2. The second-order valence-corrected chi connectivity index (χ2v) is 9.60. The third-order valence-electron chi connectivity index (χ3n) is 8.81. The van der Waals surface area contributed by atoms with Crippen molar-refractivity contribution in [3.8, 4) is 0 Å². The predicted molar refractivity (Wildman–Crippen MR) is 95.6 cm³/mol. The summed E-state index contributed by atoms with van der Waals surface area (Å²) in [4.78, 5) is 11.8. The number of ketones is 1. The Kier molecular flexibility index (Phi) is 3.44. The smallest absolute Gasteiger partial charge is 0.155 e. The quantitative estimate of drug-likeness (QED) is 0.757. The Balaban J connectivity index is 1.48. The van der Waals surface area contributed by atoms with Gasteiger partial charge >= 0.3 is 0 Å². The molecule has 0 amide bonds. The third-order valence-corrected chi connectivity index (χ3v) is 8.81. The average Bonchev–Trinajstić information content (AvgIpc) is 3.36. The van der Waals surface area contributed by atoms with Gasteiger partial charge in [0, 0.05) is 11.8 Å². The van der Waals surface area contributed by atoms with Crippen molar-refractivity contribution in [2.45, 2.75) is 57.5 Å². The Morgan fingerprint density at radius 3 is 2.84 bits per heavy atom. The van der Waals surface area contributed by atoms with E-state index in [4.69, 9.17) is 0 Å². The molecule has 136 valence electrons. The molecule has 5 aliphatic carbocycles. The van der Waals surface area contributed by atoms with E-state index in [-0.39, 0.29) is 12.0 Å². The molecule has 0 spiro atoms. The molecule has 0 heterocycles. The molecule has 0 aromatic carbocycles. The van der Waals surface area contributed by atoms with Crippen molar-refractivity contribution in [3.05, 3.63) is 23.8 Å². The Morgan fingerprint density at radius 1 is 1.20 bits per heavy atom. The van der Waals surface area contributed by atoms with Gasteiger partial charge in [0.05, 0.1) is 12.2 Å². The van der Waals surface area contributed by atoms with E-state index in [1.54, 1.807) is 6.08 Å². The van der Waals surface area contributed by atoms with Gasteiger partial charge in [-0.3, -0.25) is 4.79 Å². The van der Waals surface area contributed by atoms with Crippen LogP contribution in [0.2, 0.25) is 0 Å². The van der Waals surface area contributed by atoms with Crippen LogP contribution >= 0.6 is 0 Å². The first-order valence-electron chi connectivity index (χ1n) is 10.2. The van der Waals surface area contributed by atoms with Gasteiger partial charge in [0.15, 0.2) is 5.78 Å². The molecule has 0 aromatic heterocycles. The van der Waals surface area contributed by atoms with Crippen molar-refractivity contribution in [2.24, 2.45) is 40.9 Å². The Hall–Kier alpha value is -0.930. The number of rotatable bonds is 2. The minimum Gasteiger partial charge on any atom is -0.392 e. The second-order valence-electron chi connectivity index (χ2n) is 9.60. The predicted octanol–water partition coefficient (Wildman–Crippen LogP) is 3.26. The zero-order valence-electron chi connectivity index (χ0n) is 15.2. The second kappa shape index (κ2) is 5.29. The molecular formula is C22H30O3. The summed E-state index contributed by atoms with van der Waals surface area (Å²) in [7, 11) is 0. The van der Waals surface area contributed by atoms with E-state index >= 15 is 0 Å². The van der Waals surface area contributed by atoms with E-state index < -0.39 is 5.60 Å². The van der Waals surface area contributed by atoms with Crippen LogP contribution in [0.15, 0.2) is 23.8 Å². The summed E-state index contributed by atoms with van der Waals surface area (Å²) in [6.45, 7) is 2.33. The van der Waals surface area contributed by atoms with Gasteiger partial charge in [-0.25, -0.2) is 0 Å². The van der Waals surface area contributed by atoms with Crippen molar-refractivity contribution < 1.29 is 15.0 Å². The maximum Gasteiger partial charge on any atom is 0.155 e. The minimum atomic E-state index is -0.727. The fraction of sp³-hybridized carbons (Fsp3) is 0.773. The number of aliphatic hydroxyl groups is 2. The SMILES string of the molecule is C[C@]12CCC3C4CCC(=O)C=C4CCC3C1C1CC1[C@@]2(O)C=CCO. The van der Waals surface area contributed by atoms with Crippen molar-refractivity contribution in [3.63, 3.8) is 0 Å². The fourth-order valence-electron chi connectivity index (χ4n) is 7.77. The molecule has 4 fully saturated rings. The maximum atomic E-state index is 11.8. The lowest BCUT2D eigenvalue weighted by molar-refractivity contribution is -0.119. The van der Waals surface area contributed by atoms with Crippen LogP contribution in [-0.2, 0) is 4.79 Å². The largest absolute Gasteiger partial charge is 0.392 e. The van der Waals surface area contributed by atoms with Crippen molar-refractivity contribution in [1.82, 2.24) is 0 Å². The van der Waals surface area contributed by atoms with Crippen LogP contribution in [0.3, 0.4) is 0 Å². The van der Waals surface area contributed by atoms with Gasteiger partial charge in [0.2, 0.25) is 0 Å².